The number of halogens is 1. The smallest absolute Gasteiger partial charge is 0.328 e. The molecule has 2 aromatic rings. The highest BCUT2D eigenvalue weighted by molar-refractivity contribution is 9.10. The van der Waals surface area contributed by atoms with Crippen molar-refractivity contribution in [1.82, 2.24) is 5.32 Å². The molecule has 0 saturated carbocycles. The minimum Gasteiger partial charge on any atom is -0.464 e. The van der Waals surface area contributed by atoms with Crippen molar-refractivity contribution in [1.29, 1.82) is 0 Å². The number of nitrogens with one attached hydrogen (secondary N) is 1. The van der Waals surface area contributed by atoms with Gasteiger partial charge in [0.1, 0.15) is 6.04 Å². The van der Waals surface area contributed by atoms with Gasteiger partial charge in [-0.15, -0.1) is 11.8 Å². The van der Waals surface area contributed by atoms with Crippen LogP contribution >= 0.6 is 27.7 Å². The lowest BCUT2D eigenvalue weighted by atomic mass is 10.1. The first-order chi connectivity index (χ1) is 12.0. The average molecular weight is 422 g/mol. The number of ether oxygens (including phenoxy) is 1. The fourth-order valence-corrected chi connectivity index (χ4v) is 3.66. The predicted molar refractivity (Wildman–Crippen MR) is 104 cm³/mol. The predicted octanol–water partition coefficient (Wildman–Crippen LogP) is 4.08. The van der Waals surface area contributed by atoms with Crippen LogP contribution in [0.4, 0.5) is 0 Å². The minimum atomic E-state index is -0.728. The van der Waals surface area contributed by atoms with E-state index >= 15 is 0 Å². The number of amides is 1. The maximum absolute atomic E-state index is 12.6. The molecule has 2 aromatic carbocycles. The number of carbonyl (C=O) groups excluding carboxylic acids is 2. The highest BCUT2D eigenvalue weighted by Crippen LogP contribution is 2.26. The third-order valence-corrected chi connectivity index (χ3v) is 5.29. The van der Waals surface area contributed by atoms with Gasteiger partial charge in [-0.1, -0.05) is 30.3 Å². The van der Waals surface area contributed by atoms with Crippen LogP contribution in [-0.2, 0) is 16.0 Å². The van der Waals surface area contributed by atoms with Crippen molar-refractivity contribution >= 4 is 39.6 Å². The lowest BCUT2D eigenvalue weighted by molar-refractivity contribution is -0.145. The second-order valence-electron chi connectivity index (χ2n) is 5.32. The molecule has 0 saturated heterocycles. The first-order valence-electron chi connectivity index (χ1n) is 7.90. The number of hydrogen-bond acceptors (Lipinski definition) is 4. The van der Waals surface area contributed by atoms with Crippen molar-refractivity contribution in [2.75, 3.05) is 12.9 Å². The summed E-state index contributed by atoms with van der Waals surface area (Å²) in [7, 11) is 0. The van der Waals surface area contributed by atoms with Gasteiger partial charge >= 0.3 is 5.97 Å². The monoisotopic (exact) mass is 421 g/mol. The van der Waals surface area contributed by atoms with Gasteiger partial charge in [-0.3, -0.25) is 4.79 Å². The summed E-state index contributed by atoms with van der Waals surface area (Å²) in [4.78, 5) is 25.8. The molecule has 1 N–H and O–H groups in total. The van der Waals surface area contributed by atoms with Crippen LogP contribution < -0.4 is 5.32 Å². The average Bonchev–Trinajstić information content (AvgIpc) is 2.62. The minimum absolute atomic E-state index is 0.272. The Morgan fingerprint density at radius 2 is 1.92 bits per heavy atom. The molecule has 1 unspecified atom stereocenters. The van der Waals surface area contributed by atoms with Gasteiger partial charge < -0.3 is 10.1 Å². The van der Waals surface area contributed by atoms with Crippen LogP contribution in [0.3, 0.4) is 0 Å². The van der Waals surface area contributed by atoms with E-state index in [0.717, 1.165) is 14.9 Å². The van der Waals surface area contributed by atoms with Crippen molar-refractivity contribution in [2.24, 2.45) is 0 Å². The number of rotatable bonds is 7. The summed E-state index contributed by atoms with van der Waals surface area (Å²) in [5, 5.41) is 2.79. The normalized spacial score (nSPS) is 11.6. The summed E-state index contributed by atoms with van der Waals surface area (Å²) < 4.78 is 5.96. The van der Waals surface area contributed by atoms with E-state index in [1.165, 1.54) is 0 Å². The molecule has 0 aliphatic rings. The van der Waals surface area contributed by atoms with Gasteiger partial charge in [-0.25, -0.2) is 4.79 Å². The van der Waals surface area contributed by atoms with Crippen molar-refractivity contribution < 1.29 is 14.3 Å². The third-order valence-electron chi connectivity index (χ3n) is 3.57. The quantitative estimate of drug-likeness (QED) is 0.540. The summed E-state index contributed by atoms with van der Waals surface area (Å²) in [6, 6.07) is 14.2. The molecule has 6 heteroatoms. The Balaban J connectivity index is 2.16. The van der Waals surface area contributed by atoms with Crippen molar-refractivity contribution in [3.63, 3.8) is 0 Å². The summed E-state index contributed by atoms with van der Waals surface area (Å²) in [5.74, 6) is -0.734. The van der Waals surface area contributed by atoms with E-state index in [9.17, 15) is 9.59 Å². The molecule has 0 aliphatic carbocycles. The molecule has 0 heterocycles. The second kappa shape index (κ2) is 9.63. The van der Waals surface area contributed by atoms with Crippen LogP contribution in [0.25, 0.3) is 0 Å². The molecule has 1 atom stereocenters. The molecule has 132 valence electrons. The number of benzene rings is 2. The first kappa shape index (κ1) is 19.5. The van der Waals surface area contributed by atoms with Crippen LogP contribution in [0.5, 0.6) is 0 Å². The van der Waals surface area contributed by atoms with Crippen LogP contribution in [0, 0.1) is 0 Å². The van der Waals surface area contributed by atoms with Gasteiger partial charge in [0.2, 0.25) is 0 Å². The standard InChI is InChI=1S/C19H20BrNO3S/c1-3-24-19(23)16(11-13-7-5-4-6-8-13)21-18(22)14-9-10-17(25-2)15(20)12-14/h4-10,12,16H,3,11H2,1-2H3,(H,21,22). The number of esters is 1. The Morgan fingerprint density at radius 3 is 2.52 bits per heavy atom. The van der Waals surface area contributed by atoms with E-state index in [1.54, 1.807) is 30.8 Å². The maximum Gasteiger partial charge on any atom is 0.328 e. The zero-order valence-corrected chi connectivity index (χ0v) is 16.5. The Bertz CT molecular complexity index is 737. The maximum atomic E-state index is 12.6. The van der Waals surface area contributed by atoms with Crippen LogP contribution in [0.15, 0.2) is 57.9 Å². The van der Waals surface area contributed by atoms with Crippen molar-refractivity contribution in [3.8, 4) is 0 Å². The zero-order valence-electron chi connectivity index (χ0n) is 14.1. The van der Waals surface area contributed by atoms with Gasteiger partial charge in [0.15, 0.2) is 0 Å². The fourth-order valence-electron chi connectivity index (χ4n) is 2.34. The van der Waals surface area contributed by atoms with Gasteiger partial charge in [0.05, 0.1) is 6.61 Å². The third kappa shape index (κ3) is 5.61. The van der Waals surface area contributed by atoms with Crippen molar-refractivity contribution in [2.45, 2.75) is 24.3 Å². The molecule has 0 aromatic heterocycles. The van der Waals surface area contributed by atoms with E-state index in [0.29, 0.717) is 12.0 Å². The molecule has 0 radical (unpaired) electrons. The number of carbonyl (C=O) groups is 2. The van der Waals surface area contributed by atoms with Crippen LogP contribution in [0.2, 0.25) is 0 Å². The first-order valence-corrected chi connectivity index (χ1v) is 9.92. The summed E-state index contributed by atoms with van der Waals surface area (Å²) >= 11 is 5.05. The molecular formula is C19H20BrNO3S. The van der Waals surface area contributed by atoms with E-state index < -0.39 is 12.0 Å². The number of hydrogen-bond donors (Lipinski definition) is 1. The van der Waals surface area contributed by atoms with Gasteiger partial charge in [-0.05, 0) is 52.9 Å². The zero-order chi connectivity index (χ0) is 18.2. The van der Waals surface area contributed by atoms with Gasteiger partial charge in [0, 0.05) is 21.4 Å². The Labute approximate surface area is 160 Å². The lowest BCUT2D eigenvalue weighted by Gasteiger charge is -2.18. The second-order valence-corrected chi connectivity index (χ2v) is 7.02. The Morgan fingerprint density at radius 1 is 1.20 bits per heavy atom. The fraction of sp³-hybridized carbons (Fsp3) is 0.263. The molecule has 2 rings (SSSR count). The van der Waals surface area contributed by atoms with Crippen LogP contribution in [-0.4, -0.2) is 30.8 Å². The van der Waals surface area contributed by atoms with E-state index in [1.807, 2.05) is 42.7 Å². The SMILES string of the molecule is CCOC(=O)C(Cc1ccccc1)NC(=O)c1ccc(SC)c(Br)c1. The summed E-state index contributed by atoms with van der Waals surface area (Å²) in [6.45, 7) is 2.02. The van der Waals surface area contributed by atoms with Crippen LogP contribution in [0.1, 0.15) is 22.8 Å². The molecule has 1 amide bonds. The Kier molecular flexibility index (Phi) is 7.52. The molecule has 0 fully saturated rings. The van der Waals surface area contributed by atoms with E-state index in [2.05, 4.69) is 21.2 Å². The highest BCUT2D eigenvalue weighted by atomic mass is 79.9. The molecule has 25 heavy (non-hydrogen) atoms. The lowest BCUT2D eigenvalue weighted by Crippen LogP contribution is -2.43. The Hall–Kier alpha value is -1.79. The van der Waals surface area contributed by atoms with Gasteiger partial charge in [0.25, 0.3) is 5.91 Å². The largest absolute Gasteiger partial charge is 0.464 e. The van der Waals surface area contributed by atoms with E-state index in [4.69, 9.17) is 4.74 Å². The molecule has 0 spiro atoms. The van der Waals surface area contributed by atoms with E-state index in [-0.39, 0.29) is 12.5 Å². The van der Waals surface area contributed by atoms with Gasteiger partial charge in [-0.2, -0.15) is 0 Å². The molecule has 0 bridgehead atoms. The molecule has 0 aliphatic heterocycles. The summed E-state index contributed by atoms with van der Waals surface area (Å²) in [5.41, 5.74) is 1.45. The molecular weight excluding hydrogens is 402 g/mol. The molecule has 4 nitrogen and oxygen atoms in total. The summed E-state index contributed by atoms with van der Waals surface area (Å²) in [6.07, 6.45) is 2.35. The van der Waals surface area contributed by atoms with Crippen molar-refractivity contribution in [3.05, 3.63) is 64.1 Å². The topological polar surface area (TPSA) is 55.4 Å². The highest BCUT2D eigenvalue weighted by Gasteiger charge is 2.23. The number of thioether (sulfide) groups is 1.